The molecule has 0 aliphatic rings. The zero-order valence-corrected chi connectivity index (χ0v) is 14.3. The molecule has 0 aromatic heterocycles. The minimum atomic E-state index is -0.390. The van der Waals surface area contributed by atoms with Gasteiger partial charge < -0.3 is 15.8 Å². The summed E-state index contributed by atoms with van der Waals surface area (Å²) in [7, 11) is 1.66. The standard InChI is InChI=1S/C15H24N2O2S.ClH/c1-19-13-7-3-5-12(11-13)6-4-9-17-15(18)14(16)8-10-20-2;/h3,5,7,11,14H,4,6,8-10,16H2,1-2H3,(H,17,18);1H/t14-;/m0./s1. The summed E-state index contributed by atoms with van der Waals surface area (Å²) < 4.78 is 5.18. The average Bonchev–Trinajstić information content (AvgIpc) is 2.49. The van der Waals surface area contributed by atoms with E-state index in [1.165, 1.54) is 5.56 Å². The van der Waals surface area contributed by atoms with Gasteiger partial charge in [-0.1, -0.05) is 12.1 Å². The Morgan fingerprint density at radius 3 is 2.90 bits per heavy atom. The van der Waals surface area contributed by atoms with Crippen molar-refractivity contribution in [2.75, 3.05) is 25.7 Å². The average molecular weight is 333 g/mol. The van der Waals surface area contributed by atoms with E-state index in [1.807, 2.05) is 24.5 Å². The van der Waals surface area contributed by atoms with Gasteiger partial charge in [0.15, 0.2) is 0 Å². The van der Waals surface area contributed by atoms with Gasteiger partial charge in [0.05, 0.1) is 13.2 Å². The van der Waals surface area contributed by atoms with Gasteiger partial charge in [0.2, 0.25) is 5.91 Å². The SMILES string of the molecule is COc1cccc(CCCNC(=O)[C@@H](N)CCSC)c1.Cl. The fourth-order valence-electron chi connectivity index (χ4n) is 1.84. The molecule has 0 bridgehead atoms. The topological polar surface area (TPSA) is 64.3 Å². The number of thioether (sulfide) groups is 1. The Hall–Kier alpha value is -0.910. The normalized spacial score (nSPS) is 11.4. The molecule has 0 heterocycles. The number of carbonyl (C=O) groups is 1. The second-order valence-corrected chi connectivity index (χ2v) is 5.62. The van der Waals surface area contributed by atoms with Gasteiger partial charge in [0.25, 0.3) is 0 Å². The summed E-state index contributed by atoms with van der Waals surface area (Å²) in [4.78, 5) is 11.7. The quantitative estimate of drug-likeness (QED) is 0.681. The number of carbonyl (C=O) groups excluding carboxylic acids is 1. The second-order valence-electron chi connectivity index (χ2n) is 4.63. The summed E-state index contributed by atoms with van der Waals surface area (Å²) >= 11 is 1.70. The van der Waals surface area contributed by atoms with Crippen LogP contribution in [-0.2, 0) is 11.2 Å². The summed E-state index contributed by atoms with van der Waals surface area (Å²) in [5, 5.41) is 2.89. The minimum absolute atomic E-state index is 0. The van der Waals surface area contributed by atoms with Crippen molar-refractivity contribution >= 4 is 30.1 Å². The van der Waals surface area contributed by atoms with Gasteiger partial charge >= 0.3 is 0 Å². The Balaban J connectivity index is 0.00000400. The predicted molar refractivity (Wildman–Crippen MR) is 92.5 cm³/mol. The zero-order valence-electron chi connectivity index (χ0n) is 12.6. The van der Waals surface area contributed by atoms with Crippen molar-refractivity contribution in [3.05, 3.63) is 29.8 Å². The molecule has 0 radical (unpaired) electrons. The molecule has 0 aliphatic carbocycles. The molecule has 1 rings (SSSR count). The molecule has 1 atom stereocenters. The first-order chi connectivity index (χ1) is 9.67. The number of ether oxygens (including phenoxy) is 1. The number of halogens is 1. The maximum Gasteiger partial charge on any atom is 0.236 e. The van der Waals surface area contributed by atoms with Crippen LogP contribution >= 0.6 is 24.2 Å². The molecule has 0 saturated carbocycles. The molecule has 21 heavy (non-hydrogen) atoms. The lowest BCUT2D eigenvalue weighted by atomic mass is 10.1. The van der Waals surface area contributed by atoms with Gasteiger partial charge in [0, 0.05) is 6.54 Å². The molecule has 120 valence electrons. The number of methoxy groups -OCH3 is 1. The van der Waals surface area contributed by atoms with Gasteiger partial charge in [0.1, 0.15) is 5.75 Å². The number of amides is 1. The largest absolute Gasteiger partial charge is 0.497 e. The Labute approximate surface area is 137 Å². The van der Waals surface area contributed by atoms with E-state index in [2.05, 4.69) is 11.4 Å². The monoisotopic (exact) mass is 332 g/mol. The van der Waals surface area contributed by atoms with Crippen LogP contribution in [0.15, 0.2) is 24.3 Å². The lowest BCUT2D eigenvalue weighted by molar-refractivity contribution is -0.122. The van der Waals surface area contributed by atoms with Gasteiger partial charge in [-0.2, -0.15) is 11.8 Å². The van der Waals surface area contributed by atoms with Gasteiger partial charge in [-0.25, -0.2) is 0 Å². The highest BCUT2D eigenvalue weighted by Crippen LogP contribution is 2.13. The van der Waals surface area contributed by atoms with Crippen LogP contribution in [0.1, 0.15) is 18.4 Å². The third kappa shape index (κ3) is 8.19. The number of nitrogens with one attached hydrogen (secondary N) is 1. The molecule has 0 saturated heterocycles. The molecular weight excluding hydrogens is 308 g/mol. The maximum absolute atomic E-state index is 11.7. The highest BCUT2D eigenvalue weighted by molar-refractivity contribution is 7.98. The molecule has 6 heteroatoms. The summed E-state index contributed by atoms with van der Waals surface area (Å²) in [5.74, 6) is 1.73. The molecule has 1 aromatic carbocycles. The van der Waals surface area contributed by atoms with E-state index in [0.717, 1.165) is 30.8 Å². The lowest BCUT2D eigenvalue weighted by Crippen LogP contribution is -2.41. The smallest absolute Gasteiger partial charge is 0.236 e. The number of benzene rings is 1. The first kappa shape index (κ1) is 20.1. The zero-order chi connectivity index (χ0) is 14.8. The van der Waals surface area contributed by atoms with Crippen molar-refractivity contribution in [1.82, 2.24) is 5.32 Å². The van der Waals surface area contributed by atoms with Crippen LogP contribution in [0.4, 0.5) is 0 Å². The summed E-state index contributed by atoms with van der Waals surface area (Å²) in [6, 6.07) is 7.60. The molecule has 0 aliphatic heterocycles. The molecule has 3 N–H and O–H groups in total. The van der Waals surface area contributed by atoms with Crippen molar-refractivity contribution in [2.24, 2.45) is 5.73 Å². The van der Waals surface area contributed by atoms with E-state index < -0.39 is 0 Å². The molecule has 0 unspecified atom stereocenters. The van der Waals surface area contributed by atoms with E-state index >= 15 is 0 Å². The molecule has 0 spiro atoms. The number of hydrogen-bond donors (Lipinski definition) is 2. The number of hydrogen-bond acceptors (Lipinski definition) is 4. The molecule has 0 fully saturated rings. The van der Waals surface area contributed by atoms with Crippen LogP contribution in [-0.4, -0.2) is 37.6 Å². The Morgan fingerprint density at radius 2 is 2.24 bits per heavy atom. The second kappa shape index (κ2) is 11.7. The first-order valence-electron chi connectivity index (χ1n) is 6.82. The van der Waals surface area contributed by atoms with Crippen LogP contribution in [0.5, 0.6) is 5.75 Å². The van der Waals surface area contributed by atoms with Crippen LogP contribution in [0.2, 0.25) is 0 Å². The summed E-state index contributed by atoms with van der Waals surface area (Å²) in [5.41, 5.74) is 7.01. The van der Waals surface area contributed by atoms with E-state index in [1.54, 1.807) is 18.9 Å². The van der Waals surface area contributed by atoms with Crippen LogP contribution in [0.3, 0.4) is 0 Å². The van der Waals surface area contributed by atoms with Crippen LogP contribution in [0, 0.1) is 0 Å². The Bertz CT molecular complexity index is 418. The third-order valence-corrected chi connectivity index (χ3v) is 3.69. The fraction of sp³-hybridized carbons (Fsp3) is 0.533. The highest BCUT2D eigenvalue weighted by Gasteiger charge is 2.11. The van der Waals surface area contributed by atoms with Gasteiger partial charge in [-0.15, -0.1) is 12.4 Å². The summed E-state index contributed by atoms with van der Waals surface area (Å²) in [6.07, 6.45) is 4.55. The highest BCUT2D eigenvalue weighted by atomic mass is 35.5. The first-order valence-corrected chi connectivity index (χ1v) is 8.22. The molecule has 1 aromatic rings. The molecule has 4 nitrogen and oxygen atoms in total. The minimum Gasteiger partial charge on any atom is -0.497 e. The fourth-order valence-corrected chi connectivity index (χ4v) is 2.33. The molecular formula is C15H25ClN2O2S. The van der Waals surface area contributed by atoms with E-state index in [-0.39, 0.29) is 24.4 Å². The van der Waals surface area contributed by atoms with Crippen molar-refractivity contribution in [1.29, 1.82) is 0 Å². The number of nitrogens with two attached hydrogens (primary N) is 1. The Morgan fingerprint density at radius 1 is 1.48 bits per heavy atom. The van der Waals surface area contributed by atoms with Crippen molar-refractivity contribution in [3.8, 4) is 5.75 Å². The van der Waals surface area contributed by atoms with E-state index in [0.29, 0.717) is 6.54 Å². The molecule has 1 amide bonds. The Kier molecular flexibility index (Phi) is 11.2. The van der Waals surface area contributed by atoms with Gasteiger partial charge in [-0.3, -0.25) is 4.79 Å². The van der Waals surface area contributed by atoms with Crippen molar-refractivity contribution in [3.63, 3.8) is 0 Å². The summed E-state index contributed by atoms with van der Waals surface area (Å²) in [6.45, 7) is 0.656. The third-order valence-electron chi connectivity index (χ3n) is 3.05. The number of aryl methyl sites for hydroxylation is 1. The van der Waals surface area contributed by atoms with Gasteiger partial charge in [-0.05, 0) is 49.0 Å². The van der Waals surface area contributed by atoms with Crippen molar-refractivity contribution in [2.45, 2.75) is 25.3 Å². The number of rotatable bonds is 9. The lowest BCUT2D eigenvalue weighted by Gasteiger charge is -2.11. The van der Waals surface area contributed by atoms with E-state index in [4.69, 9.17) is 10.5 Å². The van der Waals surface area contributed by atoms with Crippen LogP contribution < -0.4 is 15.8 Å². The predicted octanol–water partition coefficient (Wildman–Crippen LogP) is 2.25. The van der Waals surface area contributed by atoms with Crippen molar-refractivity contribution < 1.29 is 9.53 Å². The van der Waals surface area contributed by atoms with E-state index in [9.17, 15) is 4.79 Å². The van der Waals surface area contributed by atoms with Crippen LogP contribution in [0.25, 0.3) is 0 Å². The maximum atomic E-state index is 11.7.